The average molecular weight is 372 g/mol. The van der Waals surface area contributed by atoms with Crippen LogP contribution < -0.4 is 16.2 Å². The normalized spacial score (nSPS) is 19.2. The standard InChI is InChI=1S/C21H16N4O3/c26-11-12-6-17(24-18(27)7-12)23-15-4-3-13-9-21(10-14(13)8-15)16-2-1-5-22-19(16)25-20(21)28/h1-8,11H,9-10H2,(H,22,25,28)(H2,23,24,27). The zero-order chi connectivity index (χ0) is 19.3. The predicted molar refractivity (Wildman–Crippen MR) is 104 cm³/mol. The van der Waals surface area contributed by atoms with E-state index in [9.17, 15) is 14.4 Å². The number of nitrogens with zero attached hydrogens (tertiary/aromatic N) is 1. The van der Waals surface area contributed by atoms with E-state index in [2.05, 4.69) is 20.6 Å². The molecule has 138 valence electrons. The molecule has 0 saturated carbocycles. The SMILES string of the molecule is O=Cc1cc(Nc2ccc3c(c2)CC2(C3)C(=O)Nc3ncccc32)[nH]c(=O)c1. The van der Waals surface area contributed by atoms with E-state index in [1.54, 1.807) is 12.3 Å². The van der Waals surface area contributed by atoms with Gasteiger partial charge in [-0.25, -0.2) is 4.98 Å². The highest BCUT2D eigenvalue weighted by molar-refractivity contribution is 6.06. The van der Waals surface area contributed by atoms with E-state index < -0.39 is 5.41 Å². The Balaban J connectivity index is 1.48. The molecule has 2 aliphatic rings. The molecule has 5 rings (SSSR count). The summed E-state index contributed by atoms with van der Waals surface area (Å²) in [7, 11) is 0. The highest BCUT2D eigenvalue weighted by atomic mass is 16.2. The number of amides is 1. The summed E-state index contributed by atoms with van der Waals surface area (Å²) < 4.78 is 0. The second-order valence-corrected chi connectivity index (χ2v) is 7.21. The van der Waals surface area contributed by atoms with Crippen LogP contribution in [0.3, 0.4) is 0 Å². The van der Waals surface area contributed by atoms with Crippen LogP contribution in [-0.4, -0.2) is 22.2 Å². The summed E-state index contributed by atoms with van der Waals surface area (Å²) in [6.07, 6.45) is 3.53. The van der Waals surface area contributed by atoms with Crippen LogP contribution in [-0.2, 0) is 23.1 Å². The molecule has 1 amide bonds. The molecule has 7 nitrogen and oxygen atoms in total. The van der Waals surface area contributed by atoms with Gasteiger partial charge in [0.15, 0.2) is 0 Å². The minimum Gasteiger partial charge on any atom is -0.342 e. The zero-order valence-electron chi connectivity index (χ0n) is 14.8. The quantitative estimate of drug-likeness (QED) is 0.612. The maximum Gasteiger partial charge on any atom is 0.250 e. The number of anilines is 3. The number of nitrogens with one attached hydrogen (secondary N) is 3. The lowest BCUT2D eigenvalue weighted by molar-refractivity contribution is -0.120. The van der Waals surface area contributed by atoms with Crippen molar-refractivity contribution in [3.63, 3.8) is 0 Å². The Labute approximate surface area is 159 Å². The summed E-state index contributed by atoms with van der Waals surface area (Å²) in [6.45, 7) is 0. The highest BCUT2D eigenvalue weighted by Gasteiger charge is 2.50. The van der Waals surface area contributed by atoms with Crippen molar-refractivity contribution in [2.24, 2.45) is 0 Å². The number of aldehydes is 1. The Morgan fingerprint density at radius 3 is 2.79 bits per heavy atom. The second kappa shape index (κ2) is 5.88. The van der Waals surface area contributed by atoms with Crippen molar-refractivity contribution in [2.45, 2.75) is 18.3 Å². The van der Waals surface area contributed by atoms with Gasteiger partial charge in [-0.2, -0.15) is 0 Å². The molecule has 0 fully saturated rings. The summed E-state index contributed by atoms with van der Waals surface area (Å²) in [5.74, 6) is 1.06. The van der Waals surface area contributed by atoms with Crippen LogP contribution in [0.25, 0.3) is 0 Å². The maximum atomic E-state index is 12.8. The lowest BCUT2D eigenvalue weighted by atomic mass is 9.79. The molecule has 2 aromatic heterocycles. The third-order valence-electron chi connectivity index (χ3n) is 5.46. The van der Waals surface area contributed by atoms with Crippen molar-refractivity contribution >= 4 is 29.5 Å². The number of aromatic nitrogens is 2. The Kier molecular flexibility index (Phi) is 3.45. The van der Waals surface area contributed by atoms with Gasteiger partial charge >= 0.3 is 0 Å². The third kappa shape index (κ3) is 2.44. The molecule has 3 heterocycles. The van der Waals surface area contributed by atoms with Crippen molar-refractivity contribution in [1.29, 1.82) is 0 Å². The monoisotopic (exact) mass is 372 g/mol. The number of H-pyrrole nitrogens is 1. The van der Waals surface area contributed by atoms with E-state index in [0.717, 1.165) is 22.4 Å². The lowest BCUT2D eigenvalue weighted by Gasteiger charge is -2.20. The van der Waals surface area contributed by atoms with E-state index in [0.29, 0.717) is 36.3 Å². The van der Waals surface area contributed by atoms with Gasteiger partial charge in [0.2, 0.25) is 11.5 Å². The maximum absolute atomic E-state index is 12.8. The number of carbonyl (C=O) groups is 2. The Hall–Kier alpha value is -3.74. The fourth-order valence-corrected chi connectivity index (χ4v) is 4.20. The molecule has 3 N–H and O–H groups in total. The topological polar surface area (TPSA) is 104 Å². The first-order valence-electron chi connectivity index (χ1n) is 8.93. The number of rotatable bonds is 3. The Morgan fingerprint density at radius 2 is 1.93 bits per heavy atom. The van der Waals surface area contributed by atoms with Crippen molar-refractivity contribution in [1.82, 2.24) is 9.97 Å². The van der Waals surface area contributed by atoms with Gasteiger partial charge in [0.1, 0.15) is 17.9 Å². The molecular weight excluding hydrogens is 356 g/mol. The number of carbonyl (C=O) groups excluding carboxylic acids is 2. The van der Waals surface area contributed by atoms with Gasteiger partial charge in [0, 0.05) is 29.1 Å². The molecule has 1 unspecified atom stereocenters. The van der Waals surface area contributed by atoms with Gasteiger partial charge in [-0.05, 0) is 48.2 Å². The molecule has 1 spiro atoms. The van der Waals surface area contributed by atoms with Crippen molar-refractivity contribution < 1.29 is 9.59 Å². The number of pyridine rings is 2. The van der Waals surface area contributed by atoms with E-state index in [1.807, 2.05) is 30.3 Å². The van der Waals surface area contributed by atoms with E-state index in [1.165, 1.54) is 6.07 Å². The van der Waals surface area contributed by atoms with Crippen LogP contribution in [0.2, 0.25) is 0 Å². The van der Waals surface area contributed by atoms with E-state index in [4.69, 9.17) is 0 Å². The largest absolute Gasteiger partial charge is 0.342 e. The molecule has 3 aromatic rings. The van der Waals surface area contributed by atoms with Crippen molar-refractivity contribution in [2.75, 3.05) is 10.6 Å². The van der Waals surface area contributed by atoms with Crippen LogP contribution in [0.5, 0.6) is 0 Å². The molecule has 1 atom stereocenters. The van der Waals surface area contributed by atoms with Gasteiger partial charge in [0.05, 0.1) is 5.41 Å². The lowest BCUT2D eigenvalue weighted by Crippen LogP contribution is -2.35. The van der Waals surface area contributed by atoms with Crippen LogP contribution in [0.15, 0.2) is 53.5 Å². The van der Waals surface area contributed by atoms with E-state index in [-0.39, 0.29) is 11.5 Å². The Morgan fingerprint density at radius 1 is 1.07 bits per heavy atom. The van der Waals surface area contributed by atoms with Crippen LogP contribution in [0.4, 0.5) is 17.3 Å². The van der Waals surface area contributed by atoms with E-state index >= 15 is 0 Å². The second-order valence-electron chi connectivity index (χ2n) is 7.21. The Bertz CT molecular complexity index is 1200. The number of benzene rings is 1. The number of hydrogen-bond acceptors (Lipinski definition) is 5. The van der Waals surface area contributed by atoms with Crippen LogP contribution in [0.1, 0.15) is 27.0 Å². The molecule has 28 heavy (non-hydrogen) atoms. The fraction of sp³-hybridized carbons (Fsp3) is 0.143. The minimum atomic E-state index is -0.615. The fourth-order valence-electron chi connectivity index (χ4n) is 4.20. The average Bonchev–Trinajstić information content (AvgIpc) is 3.19. The molecule has 1 aliphatic heterocycles. The van der Waals surface area contributed by atoms with Gasteiger partial charge < -0.3 is 15.6 Å². The highest BCUT2D eigenvalue weighted by Crippen LogP contribution is 2.46. The van der Waals surface area contributed by atoms with Crippen molar-refractivity contribution in [3.05, 3.63) is 81.3 Å². The summed E-state index contributed by atoms with van der Waals surface area (Å²) in [5.41, 5.74) is 3.25. The molecule has 1 aliphatic carbocycles. The van der Waals surface area contributed by atoms with Gasteiger partial charge in [-0.3, -0.25) is 14.4 Å². The first-order chi connectivity index (χ1) is 13.6. The molecule has 0 bridgehead atoms. The van der Waals surface area contributed by atoms with Gasteiger partial charge in [-0.1, -0.05) is 12.1 Å². The van der Waals surface area contributed by atoms with Crippen LogP contribution >= 0.6 is 0 Å². The summed E-state index contributed by atoms with van der Waals surface area (Å²) in [5, 5.41) is 6.03. The third-order valence-corrected chi connectivity index (χ3v) is 5.46. The van der Waals surface area contributed by atoms with Gasteiger partial charge in [-0.15, -0.1) is 0 Å². The smallest absolute Gasteiger partial charge is 0.250 e. The van der Waals surface area contributed by atoms with Gasteiger partial charge in [0.25, 0.3) is 0 Å². The number of hydrogen-bond donors (Lipinski definition) is 3. The number of aromatic amines is 1. The van der Waals surface area contributed by atoms with Crippen molar-refractivity contribution in [3.8, 4) is 0 Å². The summed E-state index contributed by atoms with van der Waals surface area (Å²) in [6, 6.07) is 12.5. The van der Waals surface area contributed by atoms with Crippen LogP contribution in [0, 0.1) is 0 Å². The predicted octanol–water partition coefficient (Wildman–Crippen LogP) is 2.31. The molecule has 1 aromatic carbocycles. The zero-order valence-corrected chi connectivity index (χ0v) is 14.8. The number of fused-ring (bicyclic) bond motifs is 3. The molecule has 7 heteroatoms. The first-order valence-corrected chi connectivity index (χ1v) is 8.93. The molecule has 0 saturated heterocycles. The summed E-state index contributed by atoms with van der Waals surface area (Å²) >= 11 is 0. The molecule has 0 radical (unpaired) electrons. The molecular formula is C21H16N4O3. The minimum absolute atomic E-state index is 0.0186. The first kappa shape index (κ1) is 16.4. The summed E-state index contributed by atoms with van der Waals surface area (Å²) in [4.78, 5) is 42.4.